The molecule has 0 spiro atoms. The van der Waals surface area contributed by atoms with Crippen LogP contribution in [0.25, 0.3) is 0 Å². The summed E-state index contributed by atoms with van der Waals surface area (Å²) in [5.74, 6) is -1.09. The summed E-state index contributed by atoms with van der Waals surface area (Å²) in [6.07, 6.45) is 1.64. The Balaban J connectivity index is 2.83. The molecule has 0 aliphatic rings. The third-order valence-corrected chi connectivity index (χ3v) is 0.371. The normalized spacial score (nSPS) is 8.17. The second kappa shape index (κ2) is 2.69. The summed E-state index contributed by atoms with van der Waals surface area (Å²) in [7, 11) is 0. The summed E-state index contributed by atoms with van der Waals surface area (Å²) in [6.45, 7) is 1.75. The predicted molar refractivity (Wildman–Crippen MR) is 20.3 cm³/mol. The van der Waals surface area contributed by atoms with Gasteiger partial charge in [0.1, 0.15) is 0 Å². The number of carbonyl (C=O) groups excluding carboxylic acids is 1. The Kier molecular flexibility index (Phi) is 2.46. The van der Waals surface area contributed by atoms with Gasteiger partial charge < -0.3 is 0 Å². The lowest BCUT2D eigenvalue weighted by Gasteiger charge is -1.74. The van der Waals surface area contributed by atoms with Gasteiger partial charge in [-0.05, 0) is 6.42 Å². The van der Waals surface area contributed by atoms with E-state index in [9.17, 15) is 9.90 Å². The first-order valence-electron chi connectivity index (χ1n) is 1.81. The Labute approximate surface area is 36.8 Å². The van der Waals surface area contributed by atoms with E-state index >= 15 is 0 Å². The Bertz CT molecular complexity index is 49.5. The first-order valence-corrected chi connectivity index (χ1v) is 1.81. The smallest absolute Gasteiger partial charge is 0.247 e. The highest BCUT2D eigenvalue weighted by Gasteiger charge is 1.92. The van der Waals surface area contributed by atoms with Crippen LogP contribution in [0, 0.1) is 6.42 Å². The molecule has 2 nitrogen and oxygen atoms in total. The second-order valence-corrected chi connectivity index (χ2v) is 0.931. The number of carbonyl (C=O) groups is 1. The minimum Gasteiger partial charge on any atom is -0.247 e. The van der Waals surface area contributed by atoms with Crippen LogP contribution < -0.4 is 0 Å². The fourth-order valence-electron chi connectivity index (χ4n) is 0.167. The highest BCUT2D eigenvalue weighted by Crippen LogP contribution is 1.80. The first-order chi connectivity index (χ1) is 2.77. The van der Waals surface area contributed by atoms with Gasteiger partial charge in [-0.3, -0.25) is 0 Å². The minimum absolute atomic E-state index is 0.544. The molecule has 0 aromatic carbocycles. The first kappa shape index (κ1) is 5.47. The van der Waals surface area contributed by atoms with E-state index in [0.29, 0.717) is 6.42 Å². The van der Waals surface area contributed by atoms with Crippen molar-refractivity contribution in [1.82, 2.24) is 0 Å². The summed E-state index contributed by atoms with van der Waals surface area (Å²) in [4.78, 5) is 9.43. The van der Waals surface area contributed by atoms with Crippen molar-refractivity contribution in [3.8, 4) is 0 Å². The molecule has 0 bridgehead atoms. The van der Waals surface area contributed by atoms with E-state index < -0.39 is 5.97 Å². The summed E-state index contributed by atoms with van der Waals surface area (Å²) in [5, 5.41) is 9.43. The molecular weight excluding hydrogens is 80.0 g/mol. The van der Waals surface area contributed by atoms with Crippen LogP contribution in [0.2, 0.25) is 0 Å². The van der Waals surface area contributed by atoms with E-state index in [0.717, 1.165) is 6.42 Å². The van der Waals surface area contributed by atoms with E-state index in [1.54, 1.807) is 6.92 Å². The molecule has 0 saturated heterocycles. The van der Waals surface area contributed by atoms with Crippen LogP contribution in [-0.4, -0.2) is 5.97 Å². The standard InChI is InChI=1S/C4H6O2/c1-2-3-4(5)6/h3H,2H2,1H3. The molecular formula is C4H6O2. The van der Waals surface area contributed by atoms with Gasteiger partial charge in [0.25, 0.3) is 0 Å². The van der Waals surface area contributed by atoms with Gasteiger partial charge in [-0.25, -0.2) is 9.90 Å². The summed E-state index contributed by atoms with van der Waals surface area (Å²) in [6, 6.07) is 0. The average Bonchev–Trinajstić information content (AvgIpc) is 1.35. The van der Waals surface area contributed by atoms with Gasteiger partial charge >= 0.3 is 5.97 Å². The van der Waals surface area contributed by atoms with Crippen molar-refractivity contribution >= 4 is 5.97 Å². The molecule has 6 heavy (non-hydrogen) atoms. The van der Waals surface area contributed by atoms with Gasteiger partial charge in [-0.2, -0.15) is 0 Å². The Morgan fingerprint density at radius 2 is 2.33 bits per heavy atom. The van der Waals surface area contributed by atoms with Crippen LogP contribution >= 0.6 is 0 Å². The zero-order valence-corrected chi connectivity index (χ0v) is 3.60. The van der Waals surface area contributed by atoms with E-state index in [2.05, 4.69) is 0 Å². The molecule has 2 radical (unpaired) electrons. The molecule has 0 aromatic rings. The van der Waals surface area contributed by atoms with Crippen molar-refractivity contribution < 1.29 is 9.90 Å². The molecule has 0 N–H and O–H groups in total. The van der Waals surface area contributed by atoms with Crippen molar-refractivity contribution in [3.63, 3.8) is 0 Å². The zero-order valence-electron chi connectivity index (χ0n) is 3.60. The van der Waals surface area contributed by atoms with Crippen molar-refractivity contribution in [1.29, 1.82) is 0 Å². The second-order valence-electron chi connectivity index (χ2n) is 0.931. The van der Waals surface area contributed by atoms with Crippen LogP contribution in [0.1, 0.15) is 13.3 Å². The predicted octanol–water partition coefficient (Wildman–Crippen LogP) is 0.558. The van der Waals surface area contributed by atoms with Gasteiger partial charge in [-0.15, -0.1) is 0 Å². The monoisotopic (exact) mass is 86.0 g/mol. The van der Waals surface area contributed by atoms with Gasteiger partial charge in [0.15, 0.2) is 0 Å². The number of rotatable bonds is 2. The molecule has 0 saturated carbocycles. The van der Waals surface area contributed by atoms with Crippen molar-refractivity contribution in [2.45, 2.75) is 13.3 Å². The molecule has 0 amide bonds. The molecule has 0 unspecified atom stereocenters. The lowest BCUT2D eigenvalue weighted by atomic mass is 10.4. The summed E-state index contributed by atoms with van der Waals surface area (Å²) < 4.78 is 0. The van der Waals surface area contributed by atoms with E-state index in [1.165, 1.54) is 0 Å². The van der Waals surface area contributed by atoms with Crippen LogP contribution in [0.3, 0.4) is 0 Å². The van der Waals surface area contributed by atoms with Crippen LogP contribution in [-0.2, 0) is 9.90 Å². The van der Waals surface area contributed by atoms with Crippen molar-refractivity contribution in [3.05, 3.63) is 6.42 Å². The van der Waals surface area contributed by atoms with Gasteiger partial charge in [0.2, 0.25) is 0 Å². The van der Waals surface area contributed by atoms with E-state index in [-0.39, 0.29) is 0 Å². The Morgan fingerprint density at radius 3 is 2.33 bits per heavy atom. The molecule has 0 aliphatic carbocycles. The molecule has 0 atom stereocenters. The Hall–Kier alpha value is -0.530. The van der Waals surface area contributed by atoms with Gasteiger partial charge in [-0.1, -0.05) is 6.92 Å². The SMILES string of the molecule is CC[CH]C([O])=O. The van der Waals surface area contributed by atoms with Crippen molar-refractivity contribution in [2.24, 2.45) is 0 Å². The summed E-state index contributed by atoms with van der Waals surface area (Å²) in [5.41, 5.74) is 0. The molecule has 0 aliphatic heterocycles. The van der Waals surface area contributed by atoms with Crippen LogP contribution in [0.5, 0.6) is 0 Å². The molecule has 34 valence electrons. The van der Waals surface area contributed by atoms with Crippen molar-refractivity contribution in [2.75, 3.05) is 0 Å². The summed E-state index contributed by atoms with van der Waals surface area (Å²) >= 11 is 0. The largest absolute Gasteiger partial charge is 0.359 e. The maximum absolute atomic E-state index is 9.43. The molecule has 2 heteroatoms. The molecule has 0 fully saturated rings. The Morgan fingerprint density at radius 1 is 1.83 bits per heavy atom. The topological polar surface area (TPSA) is 37.0 Å². The van der Waals surface area contributed by atoms with Gasteiger partial charge in [0, 0.05) is 0 Å². The van der Waals surface area contributed by atoms with E-state index in [4.69, 9.17) is 0 Å². The maximum atomic E-state index is 9.43. The number of hydrogen-bond acceptors (Lipinski definition) is 1. The highest BCUT2D eigenvalue weighted by molar-refractivity contribution is 5.75. The highest BCUT2D eigenvalue weighted by atomic mass is 16.4. The molecule has 0 heterocycles. The third-order valence-electron chi connectivity index (χ3n) is 0.371. The fourth-order valence-corrected chi connectivity index (χ4v) is 0.167. The van der Waals surface area contributed by atoms with E-state index in [1.807, 2.05) is 0 Å². The maximum Gasteiger partial charge on any atom is 0.359 e. The van der Waals surface area contributed by atoms with Crippen LogP contribution in [0.15, 0.2) is 0 Å². The number of hydrogen-bond donors (Lipinski definition) is 0. The molecule has 0 rings (SSSR count). The van der Waals surface area contributed by atoms with Gasteiger partial charge in [0.05, 0.1) is 6.42 Å². The minimum atomic E-state index is -1.09. The lowest BCUT2D eigenvalue weighted by molar-refractivity contribution is -0.139. The zero-order chi connectivity index (χ0) is 4.99. The lowest BCUT2D eigenvalue weighted by Crippen LogP contribution is -1.89. The average molecular weight is 86.1 g/mol. The van der Waals surface area contributed by atoms with Crippen LogP contribution in [0.4, 0.5) is 0 Å². The fraction of sp³-hybridized carbons (Fsp3) is 0.500. The molecule has 0 aromatic heterocycles. The quantitative estimate of drug-likeness (QED) is 0.483. The third kappa shape index (κ3) is 3.47.